The van der Waals surface area contributed by atoms with Crippen molar-refractivity contribution in [3.63, 3.8) is 0 Å². The van der Waals surface area contributed by atoms with E-state index in [1.165, 1.54) is 0 Å². The van der Waals surface area contributed by atoms with Crippen molar-refractivity contribution in [2.24, 2.45) is 5.41 Å². The molecule has 0 radical (unpaired) electrons. The highest BCUT2D eigenvalue weighted by molar-refractivity contribution is 7.89. The molecule has 0 aromatic heterocycles. The molecule has 0 spiro atoms. The minimum Gasteiger partial charge on any atom is -0.391 e. The van der Waals surface area contributed by atoms with Gasteiger partial charge in [0.05, 0.1) is 6.10 Å². The van der Waals surface area contributed by atoms with Gasteiger partial charge < -0.3 is 5.11 Å². The van der Waals surface area contributed by atoms with Crippen molar-refractivity contribution in [3.05, 3.63) is 29.8 Å². The summed E-state index contributed by atoms with van der Waals surface area (Å²) in [4.78, 5) is -1.03. The highest BCUT2D eigenvalue weighted by Crippen LogP contribution is 2.21. The zero-order valence-corrected chi connectivity index (χ0v) is 11.8. The summed E-state index contributed by atoms with van der Waals surface area (Å²) in [6.45, 7) is 4.83. The van der Waals surface area contributed by atoms with Gasteiger partial charge in [0.15, 0.2) is 4.90 Å². The van der Waals surface area contributed by atoms with E-state index in [2.05, 4.69) is 0 Å². The molecule has 1 unspecified atom stereocenters. The molecule has 19 heavy (non-hydrogen) atoms. The Hall–Kier alpha value is -1.05. The molecule has 108 valence electrons. The molecule has 1 atom stereocenters. The summed E-state index contributed by atoms with van der Waals surface area (Å²) in [5.74, 6) is -2.34. The Balaban J connectivity index is 2.95. The van der Waals surface area contributed by atoms with Crippen LogP contribution in [0.2, 0.25) is 0 Å². The summed E-state index contributed by atoms with van der Waals surface area (Å²) >= 11 is 0. The van der Waals surface area contributed by atoms with Gasteiger partial charge in [-0.2, -0.15) is 0 Å². The summed E-state index contributed by atoms with van der Waals surface area (Å²) in [6, 6.07) is 2.79. The summed E-state index contributed by atoms with van der Waals surface area (Å²) < 4.78 is 52.4. The largest absolute Gasteiger partial charge is 0.391 e. The Morgan fingerprint density at radius 1 is 1.26 bits per heavy atom. The van der Waals surface area contributed by atoms with Gasteiger partial charge in [-0.3, -0.25) is 0 Å². The van der Waals surface area contributed by atoms with E-state index >= 15 is 0 Å². The fourth-order valence-electron chi connectivity index (χ4n) is 1.31. The van der Waals surface area contributed by atoms with Crippen LogP contribution in [-0.4, -0.2) is 26.2 Å². The Bertz CT molecular complexity index is 532. The number of nitrogens with one attached hydrogen (secondary N) is 1. The van der Waals surface area contributed by atoms with Crippen molar-refractivity contribution in [3.8, 4) is 0 Å². The molecule has 0 amide bonds. The molecule has 0 saturated carbocycles. The van der Waals surface area contributed by atoms with E-state index in [9.17, 15) is 22.3 Å². The lowest BCUT2D eigenvalue weighted by Gasteiger charge is -2.25. The molecule has 1 aromatic carbocycles. The van der Waals surface area contributed by atoms with E-state index in [-0.39, 0.29) is 6.54 Å². The third kappa shape index (κ3) is 3.95. The Kier molecular flexibility index (Phi) is 4.65. The maximum absolute atomic E-state index is 13.4. The van der Waals surface area contributed by atoms with Crippen molar-refractivity contribution < 1.29 is 22.3 Å². The number of hydrogen-bond acceptors (Lipinski definition) is 3. The number of sulfonamides is 1. The number of aliphatic hydroxyl groups is 1. The first-order valence-corrected chi connectivity index (χ1v) is 7.16. The van der Waals surface area contributed by atoms with E-state index in [0.717, 1.165) is 18.2 Å². The highest BCUT2D eigenvalue weighted by Gasteiger charge is 2.27. The Morgan fingerprint density at radius 3 is 2.16 bits per heavy atom. The molecule has 1 aromatic rings. The number of hydrogen-bond donors (Lipinski definition) is 2. The predicted octanol–water partition coefficient (Wildman–Crippen LogP) is 1.65. The van der Waals surface area contributed by atoms with Gasteiger partial charge in [-0.1, -0.05) is 26.8 Å². The highest BCUT2D eigenvalue weighted by atomic mass is 32.2. The van der Waals surface area contributed by atoms with Crippen LogP contribution in [0.5, 0.6) is 0 Å². The van der Waals surface area contributed by atoms with Crippen molar-refractivity contribution in [2.45, 2.75) is 31.8 Å². The third-order valence-corrected chi connectivity index (χ3v) is 4.13. The maximum Gasteiger partial charge on any atom is 0.246 e. The molecule has 0 fully saturated rings. The third-order valence-electron chi connectivity index (χ3n) is 2.65. The SMILES string of the molecule is CC(C)(C)C(O)CNS(=O)(=O)c1c(F)cccc1F. The van der Waals surface area contributed by atoms with Crippen LogP contribution in [0.4, 0.5) is 8.78 Å². The fourth-order valence-corrected chi connectivity index (χ4v) is 2.48. The van der Waals surface area contributed by atoms with Crippen LogP contribution in [0.15, 0.2) is 23.1 Å². The van der Waals surface area contributed by atoms with Crippen LogP contribution in [0.1, 0.15) is 20.8 Å². The quantitative estimate of drug-likeness (QED) is 0.887. The first-order chi connectivity index (χ1) is 8.55. The fraction of sp³-hybridized carbons (Fsp3) is 0.500. The van der Waals surface area contributed by atoms with E-state index in [4.69, 9.17) is 0 Å². The molecule has 0 bridgehead atoms. The number of halogens is 2. The molecule has 2 N–H and O–H groups in total. The van der Waals surface area contributed by atoms with Gasteiger partial charge in [0.25, 0.3) is 0 Å². The minimum atomic E-state index is -4.34. The summed E-state index contributed by atoms with van der Waals surface area (Å²) in [5.41, 5.74) is -0.545. The Labute approximate surface area is 111 Å². The van der Waals surface area contributed by atoms with Gasteiger partial charge in [-0.15, -0.1) is 0 Å². The zero-order chi connectivity index (χ0) is 14.8. The second-order valence-electron chi connectivity index (χ2n) is 5.28. The molecule has 0 heterocycles. The number of aliphatic hydroxyl groups excluding tert-OH is 1. The van der Waals surface area contributed by atoms with Crippen LogP contribution >= 0.6 is 0 Å². The normalized spacial score (nSPS) is 14.4. The lowest BCUT2D eigenvalue weighted by Crippen LogP contribution is -2.39. The maximum atomic E-state index is 13.4. The Morgan fingerprint density at radius 2 is 1.74 bits per heavy atom. The molecule has 7 heteroatoms. The first-order valence-electron chi connectivity index (χ1n) is 5.67. The van der Waals surface area contributed by atoms with Gasteiger partial charge in [0, 0.05) is 6.54 Å². The molecule has 4 nitrogen and oxygen atoms in total. The van der Waals surface area contributed by atoms with Gasteiger partial charge in [-0.25, -0.2) is 21.9 Å². The predicted molar refractivity (Wildman–Crippen MR) is 67.0 cm³/mol. The van der Waals surface area contributed by atoms with Gasteiger partial charge in [0.1, 0.15) is 11.6 Å². The van der Waals surface area contributed by atoms with Crippen molar-refractivity contribution in [1.29, 1.82) is 0 Å². The van der Waals surface area contributed by atoms with Crippen LogP contribution in [0, 0.1) is 17.0 Å². The van der Waals surface area contributed by atoms with Gasteiger partial charge in [-0.05, 0) is 17.5 Å². The number of benzene rings is 1. The average Bonchev–Trinajstić information content (AvgIpc) is 2.24. The van der Waals surface area contributed by atoms with Crippen molar-refractivity contribution in [1.82, 2.24) is 4.72 Å². The van der Waals surface area contributed by atoms with E-state index < -0.39 is 38.1 Å². The van der Waals surface area contributed by atoms with Gasteiger partial charge >= 0.3 is 0 Å². The van der Waals surface area contributed by atoms with E-state index in [1.54, 1.807) is 20.8 Å². The van der Waals surface area contributed by atoms with Gasteiger partial charge in [0.2, 0.25) is 10.0 Å². The summed E-state index contributed by atoms with van der Waals surface area (Å²) in [7, 11) is -4.34. The van der Waals surface area contributed by atoms with Crippen LogP contribution < -0.4 is 4.72 Å². The topological polar surface area (TPSA) is 66.4 Å². The van der Waals surface area contributed by atoms with Crippen LogP contribution in [0.3, 0.4) is 0 Å². The average molecular weight is 293 g/mol. The van der Waals surface area contributed by atoms with Crippen LogP contribution in [-0.2, 0) is 10.0 Å². The van der Waals surface area contributed by atoms with Crippen LogP contribution in [0.25, 0.3) is 0 Å². The zero-order valence-electron chi connectivity index (χ0n) is 10.9. The molecule has 0 aliphatic heterocycles. The molecule has 0 aliphatic rings. The molecule has 0 aliphatic carbocycles. The molecule has 0 saturated heterocycles. The molecule has 1 rings (SSSR count). The molecular formula is C12H17F2NO3S. The second-order valence-corrected chi connectivity index (χ2v) is 6.99. The van der Waals surface area contributed by atoms with E-state index in [0.29, 0.717) is 0 Å². The minimum absolute atomic E-state index is 0.320. The summed E-state index contributed by atoms with van der Waals surface area (Å²) in [6.07, 6.45) is -0.975. The summed E-state index contributed by atoms with van der Waals surface area (Å²) in [5, 5.41) is 9.72. The monoisotopic (exact) mass is 293 g/mol. The first kappa shape index (κ1) is 16.0. The lowest BCUT2D eigenvalue weighted by atomic mass is 9.89. The second kappa shape index (κ2) is 5.52. The smallest absolute Gasteiger partial charge is 0.246 e. The molecular weight excluding hydrogens is 276 g/mol. The number of rotatable bonds is 4. The van der Waals surface area contributed by atoms with E-state index in [1.807, 2.05) is 4.72 Å². The van der Waals surface area contributed by atoms with Crippen molar-refractivity contribution >= 4 is 10.0 Å². The van der Waals surface area contributed by atoms with Crippen molar-refractivity contribution in [2.75, 3.05) is 6.54 Å². The lowest BCUT2D eigenvalue weighted by molar-refractivity contribution is 0.0676. The standard InChI is InChI=1S/C12H17F2NO3S/c1-12(2,3)10(16)7-15-19(17,18)11-8(13)5-4-6-9(11)14/h4-6,10,15-16H,7H2,1-3H3.